The second-order valence-electron chi connectivity index (χ2n) is 7.26. The predicted molar refractivity (Wildman–Crippen MR) is 125 cm³/mol. The Balaban J connectivity index is 1.99. The van der Waals surface area contributed by atoms with E-state index in [0.29, 0.717) is 23.3 Å². The second kappa shape index (κ2) is 8.93. The van der Waals surface area contributed by atoms with Crippen LogP contribution in [0.3, 0.4) is 0 Å². The van der Waals surface area contributed by atoms with Crippen LogP contribution in [0.15, 0.2) is 52.7 Å². The van der Waals surface area contributed by atoms with Crippen molar-refractivity contribution in [3.8, 4) is 28.3 Å². The third kappa shape index (κ3) is 4.20. The number of nitrogens with zero attached hydrogens (tertiary/aromatic N) is 5. The lowest BCUT2D eigenvalue weighted by molar-refractivity contribution is 0.318. The average molecular weight is 436 g/mol. The summed E-state index contributed by atoms with van der Waals surface area (Å²) in [4.78, 5) is 23.2. The maximum absolute atomic E-state index is 12.8. The number of pyridine rings is 1. The van der Waals surface area contributed by atoms with Gasteiger partial charge in [-0.2, -0.15) is 5.10 Å². The lowest BCUT2D eigenvalue weighted by Gasteiger charge is -2.15. The Bertz CT molecular complexity index is 1300. The summed E-state index contributed by atoms with van der Waals surface area (Å²) < 4.78 is 9.34. The zero-order chi connectivity index (χ0) is 22.0. The van der Waals surface area contributed by atoms with Crippen LogP contribution in [0.1, 0.15) is 20.3 Å². The fourth-order valence-corrected chi connectivity index (χ4v) is 4.13. The number of thioether (sulfide) groups is 1. The molecular formula is C23H25N5O2S. The number of aryl methyl sites for hydroxylation is 2. The Labute approximate surface area is 185 Å². The average Bonchev–Trinajstić information content (AvgIpc) is 3.21. The third-order valence-corrected chi connectivity index (χ3v) is 5.77. The first-order valence-corrected chi connectivity index (χ1v) is 11.3. The highest BCUT2D eigenvalue weighted by atomic mass is 32.2. The quantitative estimate of drug-likeness (QED) is 0.403. The molecular weight excluding hydrogens is 410 g/mol. The van der Waals surface area contributed by atoms with E-state index in [4.69, 9.17) is 9.72 Å². The van der Waals surface area contributed by atoms with Gasteiger partial charge in [-0.15, -0.1) is 11.8 Å². The Hall–Kier alpha value is -3.13. The molecule has 4 aromatic rings. The van der Waals surface area contributed by atoms with E-state index >= 15 is 0 Å². The van der Waals surface area contributed by atoms with E-state index in [2.05, 4.69) is 36.1 Å². The van der Waals surface area contributed by atoms with Gasteiger partial charge in [-0.3, -0.25) is 9.48 Å². The van der Waals surface area contributed by atoms with Gasteiger partial charge in [-0.05, 0) is 30.4 Å². The van der Waals surface area contributed by atoms with Gasteiger partial charge in [0.15, 0.2) is 5.82 Å². The Morgan fingerprint density at radius 2 is 1.94 bits per heavy atom. The first kappa shape index (κ1) is 21.1. The molecule has 0 N–H and O–H groups in total. The SMILES string of the molecule is CCCOc1ccc(SCC)cc1-c1cn(C)c(=O)c2cnc(-c3cnn(C)c3)nc12. The van der Waals surface area contributed by atoms with Crippen LogP contribution in [0.25, 0.3) is 33.4 Å². The fraction of sp³-hybridized carbons (Fsp3) is 0.304. The van der Waals surface area contributed by atoms with Crippen LogP contribution in [0.4, 0.5) is 0 Å². The van der Waals surface area contributed by atoms with Crippen molar-refractivity contribution in [3.05, 3.63) is 53.3 Å². The molecule has 0 aliphatic carbocycles. The van der Waals surface area contributed by atoms with Crippen molar-refractivity contribution in [1.29, 1.82) is 0 Å². The van der Waals surface area contributed by atoms with Crippen molar-refractivity contribution in [3.63, 3.8) is 0 Å². The van der Waals surface area contributed by atoms with E-state index in [0.717, 1.165) is 39.5 Å². The standard InChI is InChI=1S/C23H25N5O2S/c1-5-9-30-20-8-7-16(31-6-2)10-17(20)19-14-27(3)23(29)18-12-24-22(26-21(18)19)15-11-25-28(4)13-15/h7-8,10-14H,5-6,9H2,1-4H3. The fourth-order valence-electron chi connectivity index (χ4n) is 3.43. The number of hydrogen-bond donors (Lipinski definition) is 0. The van der Waals surface area contributed by atoms with Crippen molar-refractivity contribution in [2.75, 3.05) is 12.4 Å². The molecule has 8 heteroatoms. The zero-order valence-electron chi connectivity index (χ0n) is 18.1. The van der Waals surface area contributed by atoms with Crippen molar-refractivity contribution in [1.82, 2.24) is 24.3 Å². The van der Waals surface area contributed by atoms with E-state index in [9.17, 15) is 4.79 Å². The largest absolute Gasteiger partial charge is 0.493 e. The third-order valence-electron chi connectivity index (χ3n) is 4.89. The van der Waals surface area contributed by atoms with Gasteiger partial charge in [0.1, 0.15) is 5.75 Å². The van der Waals surface area contributed by atoms with Crippen LogP contribution in [0, 0.1) is 0 Å². The summed E-state index contributed by atoms with van der Waals surface area (Å²) >= 11 is 1.76. The number of rotatable bonds is 7. The zero-order valence-corrected chi connectivity index (χ0v) is 18.9. The van der Waals surface area contributed by atoms with Crippen LogP contribution in [-0.4, -0.2) is 36.7 Å². The number of aromatic nitrogens is 5. The Morgan fingerprint density at radius 1 is 1.10 bits per heavy atom. The molecule has 1 aromatic carbocycles. The summed E-state index contributed by atoms with van der Waals surface area (Å²) in [6, 6.07) is 6.19. The highest BCUT2D eigenvalue weighted by Crippen LogP contribution is 2.37. The smallest absolute Gasteiger partial charge is 0.261 e. The Kier molecular flexibility index (Phi) is 6.08. The second-order valence-corrected chi connectivity index (χ2v) is 8.59. The highest BCUT2D eigenvalue weighted by Gasteiger charge is 2.17. The minimum absolute atomic E-state index is 0.133. The van der Waals surface area contributed by atoms with Crippen LogP contribution in [0.5, 0.6) is 5.75 Å². The van der Waals surface area contributed by atoms with E-state index in [-0.39, 0.29) is 5.56 Å². The van der Waals surface area contributed by atoms with Crippen LogP contribution < -0.4 is 10.3 Å². The molecule has 0 saturated heterocycles. The van der Waals surface area contributed by atoms with Crippen LogP contribution in [0.2, 0.25) is 0 Å². The first-order chi connectivity index (χ1) is 15.0. The molecule has 0 atom stereocenters. The highest BCUT2D eigenvalue weighted by molar-refractivity contribution is 7.99. The van der Waals surface area contributed by atoms with Crippen molar-refractivity contribution in [2.24, 2.45) is 14.1 Å². The molecule has 3 heterocycles. The summed E-state index contributed by atoms with van der Waals surface area (Å²) in [6.07, 6.45) is 7.92. The molecule has 160 valence electrons. The van der Waals surface area contributed by atoms with Crippen molar-refractivity contribution >= 4 is 22.7 Å². The molecule has 0 amide bonds. The molecule has 3 aromatic heterocycles. The number of hydrogen-bond acceptors (Lipinski definition) is 6. The molecule has 0 unspecified atom stereocenters. The van der Waals surface area contributed by atoms with Gasteiger partial charge in [-0.1, -0.05) is 13.8 Å². The minimum Gasteiger partial charge on any atom is -0.493 e. The summed E-state index contributed by atoms with van der Waals surface area (Å²) in [7, 11) is 3.59. The number of ether oxygens (including phenoxy) is 1. The normalized spacial score (nSPS) is 11.2. The van der Waals surface area contributed by atoms with Gasteiger partial charge >= 0.3 is 0 Å². The van der Waals surface area contributed by atoms with Crippen molar-refractivity contribution < 1.29 is 4.74 Å². The molecule has 4 rings (SSSR count). The lowest BCUT2D eigenvalue weighted by Crippen LogP contribution is -2.17. The summed E-state index contributed by atoms with van der Waals surface area (Å²) in [5.41, 5.74) is 3.04. The maximum Gasteiger partial charge on any atom is 0.261 e. The lowest BCUT2D eigenvalue weighted by atomic mass is 10.0. The Morgan fingerprint density at radius 3 is 2.65 bits per heavy atom. The van der Waals surface area contributed by atoms with Crippen LogP contribution >= 0.6 is 11.8 Å². The summed E-state index contributed by atoms with van der Waals surface area (Å²) in [5.74, 6) is 2.28. The van der Waals surface area contributed by atoms with Gasteiger partial charge in [0, 0.05) is 48.7 Å². The molecule has 0 aliphatic rings. The van der Waals surface area contributed by atoms with E-state index in [1.807, 2.05) is 25.5 Å². The maximum atomic E-state index is 12.8. The summed E-state index contributed by atoms with van der Waals surface area (Å²) in [5, 5.41) is 4.69. The summed E-state index contributed by atoms with van der Waals surface area (Å²) in [6.45, 7) is 4.82. The molecule has 0 fully saturated rings. The minimum atomic E-state index is -0.133. The van der Waals surface area contributed by atoms with Crippen LogP contribution in [-0.2, 0) is 14.1 Å². The van der Waals surface area contributed by atoms with E-state index in [1.54, 1.807) is 40.5 Å². The predicted octanol–water partition coefficient (Wildman–Crippen LogP) is 4.30. The first-order valence-electron chi connectivity index (χ1n) is 10.3. The molecule has 31 heavy (non-hydrogen) atoms. The van der Waals surface area contributed by atoms with Gasteiger partial charge in [-0.25, -0.2) is 9.97 Å². The van der Waals surface area contributed by atoms with Gasteiger partial charge in [0.2, 0.25) is 0 Å². The monoisotopic (exact) mass is 435 g/mol. The van der Waals surface area contributed by atoms with Gasteiger partial charge in [0.05, 0.1) is 29.3 Å². The van der Waals surface area contributed by atoms with Crippen molar-refractivity contribution in [2.45, 2.75) is 25.2 Å². The molecule has 0 saturated carbocycles. The topological polar surface area (TPSA) is 74.8 Å². The molecule has 7 nitrogen and oxygen atoms in total. The number of fused-ring (bicyclic) bond motifs is 1. The number of benzene rings is 1. The molecule has 0 bridgehead atoms. The molecule has 0 spiro atoms. The van der Waals surface area contributed by atoms with Gasteiger partial charge in [0.25, 0.3) is 5.56 Å². The molecule has 0 radical (unpaired) electrons. The van der Waals surface area contributed by atoms with E-state index in [1.165, 1.54) is 0 Å². The van der Waals surface area contributed by atoms with Gasteiger partial charge < -0.3 is 9.30 Å². The van der Waals surface area contributed by atoms with E-state index < -0.39 is 0 Å². The molecule has 0 aliphatic heterocycles.